The van der Waals surface area contributed by atoms with Crippen LogP contribution in [0, 0.1) is 24.1 Å². The predicted octanol–water partition coefficient (Wildman–Crippen LogP) is 6.54. The summed E-state index contributed by atoms with van der Waals surface area (Å²) in [4.78, 5) is 115. The van der Waals surface area contributed by atoms with E-state index < -0.39 is 78.2 Å². The predicted molar refractivity (Wildman–Crippen MR) is 318 cm³/mol. The van der Waals surface area contributed by atoms with E-state index in [1.807, 2.05) is 83.1 Å². The van der Waals surface area contributed by atoms with Crippen molar-refractivity contribution in [1.29, 1.82) is 0 Å². The van der Waals surface area contributed by atoms with Gasteiger partial charge in [0.05, 0.1) is 40.3 Å². The smallest absolute Gasteiger partial charge is 0.334 e. The summed E-state index contributed by atoms with van der Waals surface area (Å²) in [6.07, 6.45) is 1.88. The monoisotopic (exact) mass is 1200 g/mol. The third-order valence-electron chi connectivity index (χ3n) is 15.5. The first-order valence-electron chi connectivity index (χ1n) is 28.6. The minimum Gasteiger partial charge on any atom is -0.488 e. The van der Waals surface area contributed by atoms with Crippen LogP contribution in [-0.2, 0) is 35.0 Å². The molecule has 4 heterocycles. The van der Waals surface area contributed by atoms with E-state index in [4.69, 9.17) is 16.0 Å². The van der Waals surface area contributed by atoms with Crippen molar-refractivity contribution in [2.45, 2.75) is 155 Å². The number of likely N-dealkylation sites (tertiary alicyclic amines) is 2. The number of amides is 6. The molecule has 2 fully saturated rings. The highest BCUT2D eigenvalue weighted by Gasteiger charge is 2.41. The topological polar surface area (TPSA) is 322 Å². The number of nitrogens with two attached hydrogens (primary N) is 2. The van der Waals surface area contributed by atoms with Crippen LogP contribution >= 0.6 is 18.9 Å². The fraction of sp³-hybridized carbons (Fsp3) is 0.500. The van der Waals surface area contributed by atoms with Crippen molar-refractivity contribution >= 4 is 70.7 Å². The van der Waals surface area contributed by atoms with Crippen molar-refractivity contribution in [2.75, 3.05) is 26.2 Å². The van der Waals surface area contributed by atoms with Crippen LogP contribution in [0.25, 0.3) is 21.3 Å². The second-order valence-electron chi connectivity index (χ2n) is 23.7. The van der Waals surface area contributed by atoms with Gasteiger partial charge in [0.15, 0.2) is 11.6 Å². The Morgan fingerprint density at radius 2 is 1.67 bits per heavy atom. The van der Waals surface area contributed by atoms with E-state index >= 15 is 4.39 Å². The molecular weight excluding hydrogens is 1120 g/mol. The second kappa shape index (κ2) is 28.3. The molecule has 0 spiro atoms. The fourth-order valence-corrected chi connectivity index (χ4v) is 12.1. The Hall–Kier alpha value is -6.88. The number of aliphatic hydroxyl groups excluding tert-OH is 1. The first-order chi connectivity index (χ1) is 39.7. The largest absolute Gasteiger partial charge is 0.488 e. The maximum Gasteiger partial charge on any atom is 0.334 e. The average molecular weight is 1200 g/mol. The zero-order valence-electron chi connectivity index (χ0n) is 48.7. The average Bonchev–Trinajstić information content (AvgIpc) is 3.96. The van der Waals surface area contributed by atoms with Gasteiger partial charge in [0, 0.05) is 55.0 Å². The summed E-state index contributed by atoms with van der Waals surface area (Å²) in [7, 11) is -4.56. The number of halogens is 1. The number of fused-ring (bicyclic) bond motifs is 1. The Bertz CT molecular complexity index is 3230. The number of ether oxygens (including phenoxy) is 1. The van der Waals surface area contributed by atoms with E-state index in [1.165, 1.54) is 35.2 Å². The molecule has 3 aromatic carbocycles. The molecule has 21 nitrogen and oxygen atoms in total. The van der Waals surface area contributed by atoms with E-state index in [-0.39, 0.29) is 105 Å². The molecule has 11 N–H and O–H groups in total. The molecule has 0 saturated carbocycles. The van der Waals surface area contributed by atoms with Crippen LogP contribution in [0.5, 0.6) is 5.75 Å². The van der Waals surface area contributed by atoms with E-state index in [9.17, 15) is 48.1 Å². The molecule has 5 aromatic rings. The Kier molecular flexibility index (Phi) is 21.8. The van der Waals surface area contributed by atoms with E-state index in [0.717, 1.165) is 21.7 Å². The highest BCUT2D eigenvalue weighted by molar-refractivity contribution is 7.74. The number of aromatic nitrogens is 2. The number of unbranched alkanes of at least 4 members (excludes halogenated alkanes) is 1. The number of aromatic amines is 1. The number of thiazole rings is 1. The summed E-state index contributed by atoms with van der Waals surface area (Å²) in [5, 5.41) is 23.2. The first kappa shape index (κ1) is 64.7. The van der Waals surface area contributed by atoms with Crippen molar-refractivity contribution < 1.29 is 57.3 Å². The van der Waals surface area contributed by atoms with Crippen LogP contribution in [0.3, 0.4) is 0 Å². The molecule has 6 amide bonds. The van der Waals surface area contributed by atoms with Gasteiger partial charge in [-0.15, -0.1) is 11.3 Å². The van der Waals surface area contributed by atoms with E-state index in [1.54, 1.807) is 23.5 Å². The van der Waals surface area contributed by atoms with Crippen molar-refractivity contribution in [2.24, 2.45) is 22.6 Å². The highest BCUT2D eigenvalue weighted by Crippen LogP contribution is 2.36. The van der Waals surface area contributed by atoms with Crippen molar-refractivity contribution in [1.82, 2.24) is 41.0 Å². The summed E-state index contributed by atoms with van der Waals surface area (Å²) < 4.78 is 33.9. The summed E-state index contributed by atoms with van der Waals surface area (Å²) in [5.74, 6) is -3.43. The van der Waals surface area contributed by atoms with Gasteiger partial charge in [0.2, 0.25) is 29.5 Å². The third-order valence-corrected chi connectivity index (χ3v) is 17.3. The lowest BCUT2D eigenvalue weighted by Crippen LogP contribution is -2.55. The van der Waals surface area contributed by atoms with Gasteiger partial charge in [0.25, 0.3) is 11.4 Å². The van der Waals surface area contributed by atoms with Gasteiger partial charge in [-0.3, -0.25) is 48.5 Å². The van der Waals surface area contributed by atoms with Crippen molar-refractivity contribution in [3.63, 3.8) is 0 Å². The molecule has 1 unspecified atom stereocenters. The molecule has 454 valence electrons. The summed E-state index contributed by atoms with van der Waals surface area (Å²) in [6.45, 7) is 14.3. The van der Waals surface area contributed by atoms with Gasteiger partial charge in [-0.1, -0.05) is 71.0 Å². The fourth-order valence-electron chi connectivity index (χ4n) is 10.8. The minimum absolute atomic E-state index is 0.0545. The standard InChI is InChI=1S/C60H80FN10O11PS/c1-34(2)26-46(68-55(75)45-28-41-27-40(21-23-44(41)67-45)59(79)83(63,80)81)58(78)71-25-11-14-47(71)56(76)66-42(22-24-51(62)73)32-82-49-15-10-13-38(53(49)61)12-8-9-16-52(74)69-50(60(5,6)7)31-70-30-43(72)29-48(70)57(77)65-35(3)37-17-19-39(20-18-37)54-36(4)64-33-84-54/h10,13,15,17-21,23,27-28,33-35,42-43,46-48,50,67,72H,8-9,11-12,14,16,22,24-26,29-32H2,1-7H3,(H2,62,73)(H,65,77)(H,66,76)(H,68,75)(H,69,74)(H3,63,80,81)/t35-,42-,43+,46-,47-,48-,50+/m0/s1. The number of nitrogens with one attached hydrogen (secondary N) is 5. The van der Waals surface area contributed by atoms with Gasteiger partial charge < -0.3 is 51.6 Å². The molecule has 0 bridgehead atoms. The number of β-amino-alcohol motifs (C(OH)–C–C–N with tert-alkyl or cyclic N) is 1. The maximum absolute atomic E-state index is 16.1. The molecule has 0 aliphatic carbocycles. The SMILES string of the molecule is Cc1ncsc1-c1ccc([C@H](C)NC(=O)[C@@H]2C[C@@H](O)CN2C[C@@H](NC(=O)CCCCc2cccc(OC[C@H](CCC(N)=O)NC(=O)[C@@H]3CCCN3C(=O)[C@H](CC(C)C)NC(=O)c3cc4cc(C(=O)P(N)(=O)O)ccc4[nH]3)c2F)C(C)(C)C)cc1. The molecule has 0 radical (unpaired) electrons. The number of aliphatic hydroxyl groups is 1. The number of H-pyrrole nitrogens is 1. The van der Waals surface area contributed by atoms with Crippen molar-refractivity contribution in [3.05, 3.63) is 106 Å². The van der Waals surface area contributed by atoms with Crippen LogP contribution in [-0.4, -0.2) is 133 Å². The van der Waals surface area contributed by atoms with Crippen LogP contribution in [0.15, 0.2) is 72.2 Å². The zero-order valence-corrected chi connectivity index (χ0v) is 50.5. The normalized spacial score (nSPS) is 18.6. The quantitative estimate of drug-likeness (QED) is 0.0199. The molecule has 2 saturated heterocycles. The van der Waals surface area contributed by atoms with Gasteiger partial charge in [0.1, 0.15) is 24.4 Å². The summed E-state index contributed by atoms with van der Waals surface area (Å²) in [6, 6.07) is 14.2. The minimum atomic E-state index is -4.56. The van der Waals surface area contributed by atoms with Gasteiger partial charge in [-0.2, -0.15) is 0 Å². The number of nitrogens with zero attached hydrogens (tertiary/aromatic N) is 3. The molecule has 84 heavy (non-hydrogen) atoms. The zero-order chi connectivity index (χ0) is 61.2. The lowest BCUT2D eigenvalue weighted by Gasteiger charge is -2.36. The van der Waals surface area contributed by atoms with E-state index in [0.29, 0.717) is 48.7 Å². The van der Waals surface area contributed by atoms with Crippen LogP contribution in [0.1, 0.15) is 143 Å². The Morgan fingerprint density at radius 3 is 2.33 bits per heavy atom. The Morgan fingerprint density at radius 1 is 0.940 bits per heavy atom. The summed E-state index contributed by atoms with van der Waals surface area (Å²) in [5.41, 5.74) is 14.6. The molecule has 2 aliphatic rings. The van der Waals surface area contributed by atoms with Crippen LogP contribution in [0.4, 0.5) is 4.39 Å². The van der Waals surface area contributed by atoms with Crippen LogP contribution < -0.4 is 37.2 Å². The Labute approximate surface area is 493 Å². The number of hydrogen-bond donors (Lipinski definition) is 9. The number of carbonyl (C=O) groups excluding carboxylic acids is 7. The molecule has 2 aromatic heterocycles. The number of carbonyl (C=O) groups is 7. The second-order valence-corrected chi connectivity index (χ2v) is 26.2. The third kappa shape index (κ3) is 17.2. The molecule has 7 rings (SSSR count). The maximum atomic E-state index is 16.1. The lowest BCUT2D eigenvalue weighted by molar-refractivity contribution is -0.140. The lowest BCUT2D eigenvalue weighted by atomic mass is 9.86. The number of rotatable bonds is 27. The molecule has 2 aliphatic heterocycles. The molecule has 24 heteroatoms. The van der Waals surface area contributed by atoms with Crippen LogP contribution in [0.2, 0.25) is 0 Å². The number of primary amides is 1. The number of aryl methyl sites for hydroxylation is 2. The number of hydrogen-bond acceptors (Lipinski definition) is 13. The van der Waals surface area contributed by atoms with Gasteiger partial charge in [-0.25, -0.2) is 9.37 Å². The molecular formula is C60H80FN10O11PS. The first-order valence-corrected chi connectivity index (χ1v) is 31.2. The summed E-state index contributed by atoms with van der Waals surface area (Å²) >= 11 is 1.58. The van der Waals surface area contributed by atoms with E-state index in [2.05, 4.69) is 31.2 Å². The van der Waals surface area contributed by atoms with Gasteiger partial charge in [-0.05, 0) is 124 Å². The van der Waals surface area contributed by atoms with Gasteiger partial charge >= 0.3 is 7.52 Å². The Balaban J connectivity index is 0.901. The van der Waals surface area contributed by atoms with Crippen molar-refractivity contribution in [3.8, 4) is 16.2 Å². The number of benzene rings is 3. The molecule has 8 atom stereocenters. The highest BCUT2D eigenvalue weighted by atomic mass is 32.1.